The third kappa shape index (κ3) is 2.89. The molecule has 0 radical (unpaired) electrons. The molecule has 1 saturated carbocycles. The van der Waals surface area contributed by atoms with Crippen LogP contribution in [-0.4, -0.2) is 19.6 Å². The summed E-state index contributed by atoms with van der Waals surface area (Å²) in [6, 6.07) is 7.76. The number of hydrogen-bond acceptors (Lipinski definition) is 2. The van der Waals surface area contributed by atoms with Crippen LogP contribution in [0.15, 0.2) is 22.7 Å². The molecule has 0 heterocycles. The van der Waals surface area contributed by atoms with Gasteiger partial charge in [0.1, 0.15) is 0 Å². The first-order chi connectivity index (χ1) is 8.63. The van der Waals surface area contributed by atoms with E-state index in [1.165, 1.54) is 30.5 Å². The van der Waals surface area contributed by atoms with Crippen molar-refractivity contribution in [1.29, 1.82) is 0 Å². The second kappa shape index (κ2) is 6.07. The van der Waals surface area contributed by atoms with Gasteiger partial charge in [0.15, 0.2) is 0 Å². The van der Waals surface area contributed by atoms with Gasteiger partial charge in [0.25, 0.3) is 0 Å². The molecule has 0 saturated heterocycles. The van der Waals surface area contributed by atoms with Crippen molar-refractivity contribution < 1.29 is 0 Å². The summed E-state index contributed by atoms with van der Waals surface area (Å²) >= 11 is 3.59. The van der Waals surface area contributed by atoms with Crippen molar-refractivity contribution in [1.82, 2.24) is 5.32 Å². The molecule has 0 spiro atoms. The first kappa shape index (κ1) is 13.9. The monoisotopic (exact) mass is 310 g/mol. The Hall–Kier alpha value is -0.540. The third-order valence-electron chi connectivity index (χ3n) is 3.97. The lowest BCUT2D eigenvalue weighted by Crippen LogP contribution is -2.38. The van der Waals surface area contributed by atoms with Crippen molar-refractivity contribution in [3.8, 4) is 0 Å². The number of anilines is 1. The van der Waals surface area contributed by atoms with Gasteiger partial charge < -0.3 is 10.2 Å². The summed E-state index contributed by atoms with van der Waals surface area (Å²) in [4.78, 5) is 2.46. The van der Waals surface area contributed by atoms with Crippen LogP contribution in [0.2, 0.25) is 0 Å². The van der Waals surface area contributed by atoms with Crippen molar-refractivity contribution in [2.45, 2.75) is 45.2 Å². The molecule has 0 aliphatic heterocycles. The highest BCUT2D eigenvalue weighted by molar-refractivity contribution is 9.10. The molecular weight excluding hydrogens is 288 g/mol. The van der Waals surface area contributed by atoms with E-state index in [1.54, 1.807) is 0 Å². The molecule has 1 unspecified atom stereocenters. The molecule has 2 nitrogen and oxygen atoms in total. The van der Waals surface area contributed by atoms with Gasteiger partial charge in [0, 0.05) is 29.3 Å². The Balaban J connectivity index is 2.27. The summed E-state index contributed by atoms with van der Waals surface area (Å²) in [5.74, 6) is 0. The van der Waals surface area contributed by atoms with Crippen LogP contribution in [0.3, 0.4) is 0 Å². The van der Waals surface area contributed by atoms with Crippen LogP contribution in [0.5, 0.6) is 0 Å². The number of hydrogen-bond donors (Lipinski definition) is 1. The molecule has 0 aromatic heterocycles. The van der Waals surface area contributed by atoms with E-state index in [2.05, 4.69) is 65.2 Å². The molecular formula is C15H23BrN2. The molecule has 100 valence electrons. The minimum absolute atomic E-state index is 0.403. The maximum absolute atomic E-state index is 3.59. The van der Waals surface area contributed by atoms with Gasteiger partial charge in [-0.25, -0.2) is 0 Å². The number of nitrogens with one attached hydrogen (secondary N) is 1. The Labute approximate surface area is 119 Å². The first-order valence-corrected chi connectivity index (χ1v) is 7.68. The molecule has 0 amide bonds. The van der Waals surface area contributed by atoms with Gasteiger partial charge in [-0.05, 0) is 50.4 Å². The summed E-state index contributed by atoms with van der Waals surface area (Å²) in [5.41, 5.74) is 2.76. The maximum Gasteiger partial charge on any atom is 0.0425 e. The molecule has 2 rings (SSSR count). The zero-order valence-corrected chi connectivity index (χ0v) is 13.1. The number of rotatable bonds is 5. The van der Waals surface area contributed by atoms with E-state index in [0.717, 1.165) is 17.1 Å². The van der Waals surface area contributed by atoms with E-state index in [0.29, 0.717) is 6.04 Å². The molecule has 1 atom stereocenters. The second-order valence-electron chi connectivity index (χ2n) is 5.18. The van der Waals surface area contributed by atoms with Gasteiger partial charge >= 0.3 is 0 Å². The minimum atomic E-state index is 0.403. The van der Waals surface area contributed by atoms with Gasteiger partial charge in [-0.3, -0.25) is 0 Å². The molecule has 18 heavy (non-hydrogen) atoms. The highest BCUT2D eigenvalue weighted by Gasteiger charge is 2.24. The lowest BCUT2D eigenvalue weighted by Gasteiger charge is -2.38. The Bertz CT molecular complexity index is 401. The predicted octanol–water partition coefficient (Wildman–Crippen LogP) is 4.11. The smallest absolute Gasteiger partial charge is 0.0425 e. The summed E-state index contributed by atoms with van der Waals surface area (Å²) in [7, 11) is 2.23. The average Bonchev–Trinajstić information content (AvgIpc) is 2.26. The fraction of sp³-hybridized carbons (Fsp3) is 0.600. The van der Waals surface area contributed by atoms with Crippen LogP contribution in [0, 0.1) is 0 Å². The van der Waals surface area contributed by atoms with Crippen LogP contribution < -0.4 is 10.2 Å². The van der Waals surface area contributed by atoms with Gasteiger partial charge in [-0.1, -0.05) is 28.9 Å². The Morgan fingerprint density at radius 1 is 1.44 bits per heavy atom. The molecule has 3 heteroatoms. The van der Waals surface area contributed by atoms with Crippen LogP contribution in [0.1, 0.15) is 44.7 Å². The quantitative estimate of drug-likeness (QED) is 0.880. The molecule has 0 bridgehead atoms. The topological polar surface area (TPSA) is 15.3 Å². The van der Waals surface area contributed by atoms with Crippen molar-refractivity contribution in [3.05, 3.63) is 28.2 Å². The van der Waals surface area contributed by atoms with Crippen molar-refractivity contribution in [3.63, 3.8) is 0 Å². The summed E-state index contributed by atoms with van der Waals surface area (Å²) in [6.45, 7) is 5.40. The van der Waals surface area contributed by atoms with Crippen LogP contribution >= 0.6 is 15.9 Å². The zero-order chi connectivity index (χ0) is 13.1. The van der Waals surface area contributed by atoms with Crippen LogP contribution in [0.25, 0.3) is 0 Å². The fourth-order valence-electron chi connectivity index (χ4n) is 2.58. The summed E-state index contributed by atoms with van der Waals surface area (Å²) in [6.07, 6.45) is 4.04. The van der Waals surface area contributed by atoms with E-state index in [9.17, 15) is 0 Å². The van der Waals surface area contributed by atoms with Crippen LogP contribution in [-0.2, 0) is 0 Å². The predicted molar refractivity (Wildman–Crippen MR) is 82.3 cm³/mol. The molecule has 1 fully saturated rings. The van der Waals surface area contributed by atoms with Crippen molar-refractivity contribution >= 4 is 21.6 Å². The standard InChI is InChI=1S/C15H23BrN2/c1-4-17-11(2)14-9-8-12(16)10-15(14)18(3)13-6-5-7-13/h8-11,13,17H,4-7H2,1-3H3. The van der Waals surface area contributed by atoms with E-state index in [-0.39, 0.29) is 0 Å². The molecule has 1 N–H and O–H groups in total. The minimum Gasteiger partial charge on any atom is -0.371 e. The number of halogens is 1. The lowest BCUT2D eigenvalue weighted by atomic mass is 9.90. The van der Waals surface area contributed by atoms with Crippen molar-refractivity contribution in [2.75, 3.05) is 18.5 Å². The first-order valence-electron chi connectivity index (χ1n) is 6.89. The fourth-order valence-corrected chi connectivity index (χ4v) is 2.92. The van der Waals surface area contributed by atoms with E-state index < -0.39 is 0 Å². The van der Waals surface area contributed by atoms with E-state index >= 15 is 0 Å². The Morgan fingerprint density at radius 2 is 2.17 bits per heavy atom. The molecule has 1 aromatic rings. The Morgan fingerprint density at radius 3 is 2.72 bits per heavy atom. The van der Waals surface area contributed by atoms with Gasteiger partial charge in [-0.2, -0.15) is 0 Å². The zero-order valence-electron chi connectivity index (χ0n) is 11.5. The lowest BCUT2D eigenvalue weighted by molar-refractivity contribution is 0.400. The molecule has 1 aliphatic rings. The highest BCUT2D eigenvalue weighted by Crippen LogP contribution is 2.34. The second-order valence-corrected chi connectivity index (χ2v) is 6.09. The third-order valence-corrected chi connectivity index (χ3v) is 4.46. The summed E-state index contributed by atoms with van der Waals surface area (Å²) in [5, 5.41) is 3.51. The average molecular weight is 311 g/mol. The Kier molecular flexibility index (Phi) is 4.68. The van der Waals surface area contributed by atoms with Crippen LogP contribution in [0.4, 0.5) is 5.69 Å². The normalized spacial score (nSPS) is 17.3. The van der Waals surface area contributed by atoms with Gasteiger partial charge in [-0.15, -0.1) is 0 Å². The maximum atomic E-state index is 3.59. The number of nitrogens with zero attached hydrogens (tertiary/aromatic N) is 1. The van der Waals surface area contributed by atoms with E-state index in [4.69, 9.17) is 0 Å². The highest BCUT2D eigenvalue weighted by atomic mass is 79.9. The molecule has 1 aromatic carbocycles. The number of benzene rings is 1. The SMILES string of the molecule is CCNC(C)c1ccc(Br)cc1N(C)C1CCC1. The van der Waals surface area contributed by atoms with Crippen molar-refractivity contribution in [2.24, 2.45) is 0 Å². The molecule has 1 aliphatic carbocycles. The van der Waals surface area contributed by atoms with Gasteiger partial charge in [0.2, 0.25) is 0 Å². The largest absolute Gasteiger partial charge is 0.371 e. The van der Waals surface area contributed by atoms with E-state index in [1.807, 2.05) is 0 Å². The summed E-state index contributed by atoms with van der Waals surface area (Å²) < 4.78 is 1.16. The van der Waals surface area contributed by atoms with Gasteiger partial charge in [0.05, 0.1) is 0 Å².